The van der Waals surface area contributed by atoms with Crippen LogP contribution in [0.15, 0.2) is 48.8 Å². The second-order valence-electron chi connectivity index (χ2n) is 4.80. The SMILES string of the molecule is CCC(NC(=O)c1ccc2ccccc2n1)c1ncc[nH]1. The van der Waals surface area contributed by atoms with E-state index >= 15 is 0 Å². The first-order valence-corrected chi connectivity index (χ1v) is 6.94. The Balaban J connectivity index is 1.83. The van der Waals surface area contributed by atoms with E-state index in [4.69, 9.17) is 0 Å². The molecular weight excluding hydrogens is 264 g/mol. The number of hydrogen-bond acceptors (Lipinski definition) is 3. The van der Waals surface area contributed by atoms with Gasteiger partial charge >= 0.3 is 0 Å². The Morgan fingerprint density at radius 2 is 2.14 bits per heavy atom. The molecule has 2 aromatic heterocycles. The molecular formula is C16H16N4O. The number of fused-ring (bicyclic) bond motifs is 1. The molecule has 0 fully saturated rings. The third-order valence-electron chi connectivity index (χ3n) is 3.39. The number of para-hydroxylation sites is 1. The maximum absolute atomic E-state index is 12.3. The average molecular weight is 280 g/mol. The van der Waals surface area contributed by atoms with Gasteiger partial charge in [0, 0.05) is 17.8 Å². The molecule has 1 aromatic carbocycles. The van der Waals surface area contributed by atoms with E-state index in [-0.39, 0.29) is 11.9 Å². The van der Waals surface area contributed by atoms with Crippen LogP contribution in [0, 0.1) is 0 Å². The summed E-state index contributed by atoms with van der Waals surface area (Å²) in [5, 5.41) is 3.98. The Kier molecular flexibility index (Phi) is 3.64. The molecule has 0 saturated carbocycles. The van der Waals surface area contributed by atoms with Crippen molar-refractivity contribution in [2.45, 2.75) is 19.4 Å². The molecule has 5 heteroatoms. The lowest BCUT2D eigenvalue weighted by atomic mass is 10.2. The number of amides is 1. The zero-order valence-corrected chi connectivity index (χ0v) is 11.7. The van der Waals surface area contributed by atoms with E-state index in [2.05, 4.69) is 20.3 Å². The number of pyridine rings is 1. The van der Waals surface area contributed by atoms with E-state index in [9.17, 15) is 4.79 Å². The monoisotopic (exact) mass is 280 g/mol. The Labute approximate surface area is 122 Å². The molecule has 1 amide bonds. The number of aromatic amines is 1. The lowest BCUT2D eigenvalue weighted by Gasteiger charge is -2.14. The van der Waals surface area contributed by atoms with Gasteiger partial charge in [-0.25, -0.2) is 9.97 Å². The van der Waals surface area contributed by atoms with Gasteiger partial charge in [0.05, 0.1) is 11.6 Å². The molecule has 1 atom stereocenters. The number of H-pyrrole nitrogens is 1. The molecule has 0 saturated heterocycles. The maximum Gasteiger partial charge on any atom is 0.270 e. The highest BCUT2D eigenvalue weighted by Crippen LogP contribution is 2.14. The summed E-state index contributed by atoms with van der Waals surface area (Å²) in [5.74, 6) is 0.565. The minimum atomic E-state index is -0.191. The second-order valence-corrected chi connectivity index (χ2v) is 4.80. The number of benzene rings is 1. The quantitative estimate of drug-likeness (QED) is 0.772. The first-order chi connectivity index (χ1) is 10.3. The fraction of sp³-hybridized carbons (Fsp3) is 0.188. The summed E-state index contributed by atoms with van der Waals surface area (Å²) in [4.78, 5) is 24.0. The van der Waals surface area contributed by atoms with Crippen molar-refractivity contribution in [1.29, 1.82) is 0 Å². The van der Waals surface area contributed by atoms with Crippen molar-refractivity contribution in [3.8, 4) is 0 Å². The Bertz CT molecular complexity index is 752. The molecule has 0 spiro atoms. The summed E-state index contributed by atoms with van der Waals surface area (Å²) in [5.41, 5.74) is 1.23. The molecule has 2 N–H and O–H groups in total. The van der Waals surface area contributed by atoms with Crippen LogP contribution in [0.1, 0.15) is 35.7 Å². The lowest BCUT2D eigenvalue weighted by Crippen LogP contribution is -2.29. The van der Waals surface area contributed by atoms with Crippen molar-refractivity contribution in [1.82, 2.24) is 20.3 Å². The Hall–Kier alpha value is -2.69. The average Bonchev–Trinajstić information content (AvgIpc) is 3.06. The maximum atomic E-state index is 12.3. The zero-order chi connectivity index (χ0) is 14.7. The van der Waals surface area contributed by atoms with Gasteiger partial charge in [-0.15, -0.1) is 0 Å². The Morgan fingerprint density at radius 3 is 2.90 bits per heavy atom. The first-order valence-electron chi connectivity index (χ1n) is 6.94. The molecule has 0 aliphatic carbocycles. The van der Waals surface area contributed by atoms with E-state index in [1.807, 2.05) is 37.3 Å². The summed E-state index contributed by atoms with van der Waals surface area (Å²) >= 11 is 0. The van der Waals surface area contributed by atoms with E-state index in [0.29, 0.717) is 5.69 Å². The number of nitrogens with zero attached hydrogens (tertiary/aromatic N) is 2. The highest BCUT2D eigenvalue weighted by molar-refractivity contribution is 5.95. The van der Waals surface area contributed by atoms with Gasteiger partial charge in [-0.2, -0.15) is 0 Å². The van der Waals surface area contributed by atoms with Crippen molar-refractivity contribution >= 4 is 16.8 Å². The third-order valence-corrected chi connectivity index (χ3v) is 3.39. The van der Waals surface area contributed by atoms with E-state index in [1.54, 1.807) is 18.5 Å². The molecule has 0 radical (unpaired) electrons. The second kappa shape index (κ2) is 5.75. The predicted molar refractivity (Wildman–Crippen MR) is 80.8 cm³/mol. The minimum absolute atomic E-state index is 0.138. The van der Waals surface area contributed by atoms with Crippen LogP contribution in [0.4, 0.5) is 0 Å². The molecule has 0 aliphatic rings. The zero-order valence-electron chi connectivity index (χ0n) is 11.7. The van der Waals surface area contributed by atoms with E-state index < -0.39 is 0 Å². The topological polar surface area (TPSA) is 70.7 Å². The van der Waals surface area contributed by atoms with Crippen molar-refractivity contribution in [3.05, 3.63) is 60.3 Å². The van der Waals surface area contributed by atoms with Gasteiger partial charge in [0.25, 0.3) is 5.91 Å². The molecule has 2 heterocycles. The van der Waals surface area contributed by atoms with Gasteiger partial charge in [0.15, 0.2) is 0 Å². The molecule has 3 rings (SSSR count). The fourth-order valence-electron chi connectivity index (χ4n) is 2.26. The number of rotatable bonds is 4. The van der Waals surface area contributed by atoms with Gasteiger partial charge in [-0.3, -0.25) is 4.79 Å². The van der Waals surface area contributed by atoms with Gasteiger partial charge in [-0.05, 0) is 18.6 Å². The van der Waals surface area contributed by atoms with Crippen molar-refractivity contribution in [2.75, 3.05) is 0 Å². The van der Waals surface area contributed by atoms with Gasteiger partial charge < -0.3 is 10.3 Å². The van der Waals surface area contributed by atoms with Gasteiger partial charge in [0.2, 0.25) is 0 Å². The van der Waals surface area contributed by atoms with Crippen molar-refractivity contribution in [2.24, 2.45) is 0 Å². The number of imidazole rings is 1. The van der Waals surface area contributed by atoms with Crippen LogP contribution < -0.4 is 5.32 Å². The summed E-state index contributed by atoms with van der Waals surface area (Å²) in [7, 11) is 0. The standard InChI is InChI=1S/C16H16N4O/c1-2-12(15-17-9-10-18-15)20-16(21)14-8-7-11-5-3-4-6-13(11)19-14/h3-10,12H,2H2,1H3,(H,17,18)(H,20,21). The summed E-state index contributed by atoms with van der Waals surface area (Å²) in [6, 6.07) is 11.2. The molecule has 0 bridgehead atoms. The van der Waals surface area contributed by atoms with Crippen LogP contribution in [0.3, 0.4) is 0 Å². The van der Waals surface area contributed by atoms with Crippen LogP contribution in [0.2, 0.25) is 0 Å². The normalized spacial score (nSPS) is 12.2. The smallest absolute Gasteiger partial charge is 0.270 e. The number of aromatic nitrogens is 3. The summed E-state index contributed by atoms with van der Waals surface area (Å²) in [6.07, 6.45) is 4.18. The largest absolute Gasteiger partial charge is 0.347 e. The minimum Gasteiger partial charge on any atom is -0.347 e. The number of hydrogen-bond donors (Lipinski definition) is 2. The summed E-state index contributed by atoms with van der Waals surface area (Å²) in [6.45, 7) is 2.00. The van der Waals surface area contributed by atoms with Crippen molar-refractivity contribution < 1.29 is 4.79 Å². The number of carbonyl (C=O) groups excluding carboxylic acids is 1. The van der Waals surface area contributed by atoms with E-state index in [1.165, 1.54) is 0 Å². The van der Waals surface area contributed by atoms with Crippen LogP contribution in [-0.4, -0.2) is 20.9 Å². The van der Waals surface area contributed by atoms with Crippen LogP contribution >= 0.6 is 0 Å². The molecule has 106 valence electrons. The molecule has 3 aromatic rings. The van der Waals surface area contributed by atoms with Crippen LogP contribution in [0.25, 0.3) is 10.9 Å². The molecule has 1 unspecified atom stereocenters. The predicted octanol–water partition coefficient (Wildman–Crippen LogP) is 2.84. The molecule has 0 aliphatic heterocycles. The lowest BCUT2D eigenvalue weighted by molar-refractivity contribution is 0.0929. The molecule has 5 nitrogen and oxygen atoms in total. The number of carbonyl (C=O) groups is 1. The van der Waals surface area contributed by atoms with Crippen LogP contribution in [0.5, 0.6) is 0 Å². The van der Waals surface area contributed by atoms with Gasteiger partial charge in [-0.1, -0.05) is 31.2 Å². The Morgan fingerprint density at radius 1 is 1.29 bits per heavy atom. The van der Waals surface area contributed by atoms with Crippen molar-refractivity contribution in [3.63, 3.8) is 0 Å². The van der Waals surface area contributed by atoms with E-state index in [0.717, 1.165) is 23.1 Å². The highest BCUT2D eigenvalue weighted by Gasteiger charge is 2.16. The highest BCUT2D eigenvalue weighted by atomic mass is 16.1. The fourth-order valence-corrected chi connectivity index (χ4v) is 2.26. The van der Waals surface area contributed by atoms with Gasteiger partial charge in [0.1, 0.15) is 11.5 Å². The van der Waals surface area contributed by atoms with Crippen LogP contribution in [-0.2, 0) is 0 Å². The molecule has 21 heavy (non-hydrogen) atoms. The summed E-state index contributed by atoms with van der Waals surface area (Å²) < 4.78 is 0. The number of nitrogens with one attached hydrogen (secondary N) is 2. The third kappa shape index (κ3) is 2.76. The first kappa shape index (κ1) is 13.3.